The van der Waals surface area contributed by atoms with Crippen LogP contribution >= 0.6 is 11.6 Å². The van der Waals surface area contributed by atoms with Gasteiger partial charge in [0.25, 0.3) is 0 Å². The Bertz CT molecular complexity index is 1690. The summed E-state index contributed by atoms with van der Waals surface area (Å²) >= 11 is 6.07. The zero-order valence-corrected chi connectivity index (χ0v) is 25.0. The highest BCUT2D eigenvalue weighted by atomic mass is 35.5. The van der Waals surface area contributed by atoms with E-state index in [-0.39, 0.29) is 17.6 Å². The van der Waals surface area contributed by atoms with Gasteiger partial charge in [-0.05, 0) is 77.8 Å². The first kappa shape index (κ1) is 29.0. The number of aromatic nitrogens is 1. The Balaban J connectivity index is 1.37. The molecule has 1 aliphatic heterocycles. The molecule has 1 aromatic heterocycles. The van der Waals surface area contributed by atoms with Crippen molar-refractivity contribution >= 4 is 28.4 Å². The number of hydrogen-bond donors (Lipinski definition) is 0. The first-order chi connectivity index (χ1) is 21.0. The average Bonchev–Trinajstić information content (AvgIpc) is 3.40. The van der Waals surface area contributed by atoms with Gasteiger partial charge in [0.15, 0.2) is 0 Å². The highest BCUT2D eigenvalue weighted by Gasteiger charge is 2.27. The third kappa shape index (κ3) is 6.76. The molecule has 6 rings (SSSR count). The second-order valence-electron chi connectivity index (χ2n) is 11.1. The zero-order chi connectivity index (χ0) is 29.8. The van der Waals surface area contributed by atoms with Gasteiger partial charge < -0.3 is 19.1 Å². The number of fused-ring (bicyclic) bond motifs is 1. The van der Waals surface area contributed by atoms with Crippen molar-refractivity contribution < 1.29 is 13.9 Å². The van der Waals surface area contributed by atoms with Gasteiger partial charge in [0.2, 0.25) is 5.91 Å². The van der Waals surface area contributed by atoms with Crippen LogP contribution < -0.4 is 4.74 Å². The predicted octanol–water partition coefficient (Wildman–Crippen LogP) is 7.96. The maximum absolute atomic E-state index is 13.8. The molecule has 1 saturated heterocycles. The molecule has 43 heavy (non-hydrogen) atoms. The van der Waals surface area contributed by atoms with Crippen molar-refractivity contribution in [3.05, 3.63) is 131 Å². The summed E-state index contributed by atoms with van der Waals surface area (Å²) in [6, 6.07) is 30.2. The van der Waals surface area contributed by atoms with Crippen LogP contribution in [0.5, 0.6) is 11.5 Å². The molecule has 0 radical (unpaired) electrons. The molecule has 1 aliphatic rings. The zero-order valence-electron chi connectivity index (χ0n) is 24.3. The van der Waals surface area contributed by atoms with Crippen LogP contribution in [-0.4, -0.2) is 53.0 Å². The van der Waals surface area contributed by atoms with Crippen molar-refractivity contribution in [3.63, 3.8) is 0 Å². The molecule has 1 atom stereocenters. The summed E-state index contributed by atoms with van der Waals surface area (Å²) in [5, 5.41) is 1.75. The Morgan fingerprint density at radius 2 is 1.63 bits per heavy atom. The minimum atomic E-state index is -0.249. The van der Waals surface area contributed by atoms with Crippen LogP contribution in [0.1, 0.15) is 36.0 Å². The number of ether oxygens (including phenoxy) is 1. The molecule has 5 aromatic rings. The maximum Gasteiger partial charge on any atom is 0.223 e. The minimum Gasteiger partial charge on any atom is -0.457 e. The molecular formula is C36H35ClFN3O2. The summed E-state index contributed by atoms with van der Waals surface area (Å²) in [4.78, 5) is 18.2. The summed E-state index contributed by atoms with van der Waals surface area (Å²) < 4.78 is 22.0. The fraction of sp³-hybridized carbons (Fsp3) is 0.250. The van der Waals surface area contributed by atoms with Gasteiger partial charge in [-0.15, -0.1) is 0 Å². The monoisotopic (exact) mass is 595 g/mol. The van der Waals surface area contributed by atoms with Crippen molar-refractivity contribution in [1.82, 2.24) is 14.4 Å². The molecule has 0 N–H and O–H groups in total. The van der Waals surface area contributed by atoms with Crippen LogP contribution in [0, 0.1) is 5.82 Å². The van der Waals surface area contributed by atoms with E-state index in [1.807, 2.05) is 59.5 Å². The fourth-order valence-corrected chi connectivity index (χ4v) is 6.05. The normalized spacial score (nSPS) is 14.6. The molecule has 5 nitrogen and oxygen atoms in total. The van der Waals surface area contributed by atoms with E-state index in [2.05, 4.69) is 40.8 Å². The first-order valence-electron chi connectivity index (χ1n) is 14.8. The van der Waals surface area contributed by atoms with E-state index < -0.39 is 0 Å². The Hall–Kier alpha value is -4.13. The molecule has 4 aromatic carbocycles. The number of hydrogen-bond acceptors (Lipinski definition) is 3. The second-order valence-corrected chi connectivity index (χ2v) is 11.5. The summed E-state index contributed by atoms with van der Waals surface area (Å²) in [7, 11) is 0. The van der Waals surface area contributed by atoms with Gasteiger partial charge in [0, 0.05) is 67.2 Å². The topological polar surface area (TPSA) is 37.7 Å². The van der Waals surface area contributed by atoms with Crippen LogP contribution in [0.4, 0.5) is 4.39 Å². The molecule has 0 spiro atoms. The van der Waals surface area contributed by atoms with E-state index in [1.54, 1.807) is 12.1 Å². The van der Waals surface area contributed by atoms with E-state index in [9.17, 15) is 9.18 Å². The van der Waals surface area contributed by atoms with E-state index in [0.29, 0.717) is 29.5 Å². The van der Waals surface area contributed by atoms with Crippen molar-refractivity contribution in [1.29, 1.82) is 0 Å². The number of piperazine rings is 1. The molecule has 7 heteroatoms. The van der Waals surface area contributed by atoms with Crippen molar-refractivity contribution in [2.75, 3.05) is 32.7 Å². The standard InChI is InChI=1S/C36H35ClFN3O2/c1-2-39-18-20-40(21-19-39)36(42)23-33(27-6-5-7-31(22-27)43-30-16-12-28(37)13-17-30)34-25-41(35-9-4-3-8-32(34)35)24-26-10-14-29(38)15-11-26/h3-17,22,25,33H,2,18-21,23-24H2,1H3/t33-/m0/s1. The molecule has 0 unspecified atom stereocenters. The van der Waals surface area contributed by atoms with Crippen LogP contribution in [-0.2, 0) is 11.3 Å². The lowest BCUT2D eigenvalue weighted by Crippen LogP contribution is -2.48. The van der Waals surface area contributed by atoms with Crippen molar-refractivity contribution in [3.8, 4) is 11.5 Å². The lowest BCUT2D eigenvalue weighted by atomic mass is 9.87. The Kier molecular flexibility index (Phi) is 8.77. The summed E-state index contributed by atoms with van der Waals surface area (Å²) in [5.74, 6) is 1.11. The first-order valence-corrected chi connectivity index (χ1v) is 15.2. The lowest BCUT2D eigenvalue weighted by molar-refractivity contribution is -0.133. The van der Waals surface area contributed by atoms with Crippen LogP contribution in [0.3, 0.4) is 0 Å². The highest BCUT2D eigenvalue weighted by molar-refractivity contribution is 6.30. The quantitative estimate of drug-likeness (QED) is 0.173. The number of carbonyl (C=O) groups excluding carboxylic acids is 1. The smallest absolute Gasteiger partial charge is 0.223 e. The number of benzene rings is 4. The minimum absolute atomic E-state index is 0.153. The number of carbonyl (C=O) groups is 1. The average molecular weight is 596 g/mol. The molecule has 1 amide bonds. The van der Waals surface area contributed by atoms with Crippen LogP contribution in [0.2, 0.25) is 5.02 Å². The van der Waals surface area contributed by atoms with Crippen LogP contribution in [0.25, 0.3) is 10.9 Å². The number of nitrogens with zero attached hydrogens (tertiary/aromatic N) is 3. The number of halogens is 2. The second kappa shape index (κ2) is 13.0. The molecule has 2 heterocycles. The summed E-state index contributed by atoms with van der Waals surface area (Å²) in [6.07, 6.45) is 2.51. The van der Waals surface area contributed by atoms with Crippen molar-refractivity contribution in [2.45, 2.75) is 25.8 Å². The van der Waals surface area contributed by atoms with E-state index >= 15 is 0 Å². The molecule has 0 saturated carbocycles. The number of amides is 1. The number of para-hydroxylation sites is 1. The van der Waals surface area contributed by atoms with Gasteiger partial charge in [0.05, 0.1) is 0 Å². The van der Waals surface area contributed by atoms with E-state index in [0.717, 1.165) is 60.3 Å². The Labute approximate surface area is 257 Å². The highest BCUT2D eigenvalue weighted by Crippen LogP contribution is 2.37. The number of likely N-dealkylation sites (N-methyl/N-ethyl adjacent to an activating group) is 1. The summed E-state index contributed by atoms with van der Waals surface area (Å²) in [5.41, 5.74) is 4.18. The predicted molar refractivity (Wildman–Crippen MR) is 171 cm³/mol. The van der Waals surface area contributed by atoms with Gasteiger partial charge in [-0.25, -0.2) is 4.39 Å². The van der Waals surface area contributed by atoms with Gasteiger partial charge in [0.1, 0.15) is 17.3 Å². The van der Waals surface area contributed by atoms with Gasteiger partial charge in [-0.2, -0.15) is 0 Å². The largest absolute Gasteiger partial charge is 0.457 e. The van der Waals surface area contributed by atoms with Crippen LogP contribution in [0.15, 0.2) is 103 Å². The van der Waals surface area contributed by atoms with Gasteiger partial charge in [-0.1, -0.05) is 61.0 Å². The third-order valence-corrected chi connectivity index (χ3v) is 8.57. The van der Waals surface area contributed by atoms with Crippen molar-refractivity contribution in [2.24, 2.45) is 0 Å². The molecule has 0 aliphatic carbocycles. The number of rotatable bonds is 9. The van der Waals surface area contributed by atoms with Gasteiger partial charge in [-0.3, -0.25) is 4.79 Å². The fourth-order valence-electron chi connectivity index (χ4n) is 5.93. The molecule has 220 valence electrons. The summed E-state index contributed by atoms with van der Waals surface area (Å²) in [6.45, 7) is 7.03. The SMILES string of the molecule is CCN1CCN(C(=O)C[C@@H](c2cccc(Oc3ccc(Cl)cc3)c2)c2cn(Cc3ccc(F)cc3)c3ccccc23)CC1. The Morgan fingerprint density at radius 3 is 2.37 bits per heavy atom. The molecule has 0 bridgehead atoms. The maximum atomic E-state index is 13.8. The third-order valence-electron chi connectivity index (χ3n) is 8.32. The van der Waals surface area contributed by atoms with Gasteiger partial charge >= 0.3 is 0 Å². The van der Waals surface area contributed by atoms with E-state index in [4.69, 9.17) is 16.3 Å². The molecular weight excluding hydrogens is 561 g/mol. The van der Waals surface area contributed by atoms with E-state index in [1.165, 1.54) is 12.1 Å². The molecule has 1 fully saturated rings. The lowest BCUT2D eigenvalue weighted by Gasteiger charge is -2.35. The Morgan fingerprint density at radius 1 is 0.884 bits per heavy atom.